The van der Waals surface area contributed by atoms with E-state index in [0.29, 0.717) is 6.54 Å². The molecule has 0 fully saturated rings. The summed E-state index contributed by atoms with van der Waals surface area (Å²) < 4.78 is 4.20. The molecule has 1 N–H and O–H groups in total. The van der Waals surface area contributed by atoms with Gasteiger partial charge < -0.3 is 14.8 Å². The van der Waals surface area contributed by atoms with Crippen LogP contribution in [0, 0.1) is 13.8 Å². The van der Waals surface area contributed by atoms with Crippen molar-refractivity contribution in [2.24, 2.45) is 0 Å². The number of aryl methyl sites for hydroxylation is 2. The van der Waals surface area contributed by atoms with Crippen molar-refractivity contribution in [3.63, 3.8) is 0 Å². The summed E-state index contributed by atoms with van der Waals surface area (Å²) in [6.45, 7) is 11.2. The minimum absolute atomic E-state index is 0.00648. The molecule has 1 aliphatic rings. The maximum absolute atomic E-state index is 12.6. The fourth-order valence-electron chi connectivity index (χ4n) is 3.42. The van der Waals surface area contributed by atoms with Gasteiger partial charge in [0.2, 0.25) is 0 Å². The molecule has 0 unspecified atom stereocenters. The normalized spacial score (nSPS) is 17.2. The molecule has 6 nitrogen and oxygen atoms in total. The SMILES string of the molecule is CCn1nc(C)c(CNC(=O)N2CCn3cccc3[C@H]2C)c1C. The van der Waals surface area contributed by atoms with E-state index in [1.165, 1.54) is 5.69 Å². The first-order valence-corrected chi connectivity index (χ1v) is 8.25. The van der Waals surface area contributed by atoms with E-state index in [9.17, 15) is 4.79 Å². The number of urea groups is 1. The van der Waals surface area contributed by atoms with Crippen molar-refractivity contribution in [2.75, 3.05) is 6.54 Å². The minimum Gasteiger partial charge on any atom is -0.348 e. The summed E-state index contributed by atoms with van der Waals surface area (Å²) in [6.07, 6.45) is 2.08. The van der Waals surface area contributed by atoms with E-state index in [2.05, 4.69) is 48.0 Å². The highest BCUT2D eigenvalue weighted by atomic mass is 16.2. The standard InChI is InChI=1S/C17H25N5O/c1-5-22-13(3)15(12(2)19-22)11-18-17(23)21-10-9-20-8-6-7-16(20)14(21)4/h6-8,14H,5,9-11H2,1-4H3,(H,18,23)/t14-/m1/s1. The third-order valence-electron chi connectivity index (χ3n) is 4.85. The monoisotopic (exact) mass is 315 g/mol. The van der Waals surface area contributed by atoms with Crippen LogP contribution in [0.25, 0.3) is 0 Å². The van der Waals surface area contributed by atoms with Gasteiger partial charge in [-0.05, 0) is 39.8 Å². The third-order valence-corrected chi connectivity index (χ3v) is 4.85. The van der Waals surface area contributed by atoms with Crippen molar-refractivity contribution >= 4 is 6.03 Å². The minimum atomic E-state index is -0.00648. The number of fused-ring (bicyclic) bond motifs is 1. The zero-order valence-corrected chi connectivity index (χ0v) is 14.3. The smallest absolute Gasteiger partial charge is 0.318 e. The summed E-state index contributed by atoms with van der Waals surface area (Å²) in [5.74, 6) is 0. The lowest BCUT2D eigenvalue weighted by atomic mass is 10.1. The van der Waals surface area contributed by atoms with Crippen LogP contribution in [-0.2, 0) is 19.6 Å². The first kappa shape index (κ1) is 15.6. The second-order valence-electron chi connectivity index (χ2n) is 6.12. The Kier molecular flexibility index (Phi) is 4.15. The van der Waals surface area contributed by atoms with E-state index in [1.807, 2.05) is 22.6 Å². The average molecular weight is 315 g/mol. The maximum Gasteiger partial charge on any atom is 0.318 e. The van der Waals surface area contributed by atoms with Gasteiger partial charge in [-0.1, -0.05) is 0 Å². The van der Waals surface area contributed by atoms with E-state index in [0.717, 1.165) is 36.6 Å². The van der Waals surface area contributed by atoms with Crippen molar-refractivity contribution in [2.45, 2.75) is 53.4 Å². The number of aromatic nitrogens is 3. The highest BCUT2D eigenvalue weighted by Gasteiger charge is 2.27. The summed E-state index contributed by atoms with van der Waals surface area (Å²) in [5.41, 5.74) is 4.43. The van der Waals surface area contributed by atoms with E-state index < -0.39 is 0 Å². The molecule has 2 aromatic rings. The number of hydrogen-bond acceptors (Lipinski definition) is 2. The van der Waals surface area contributed by atoms with Crippen LogP contribution in [0.3, 0.4) is 0 Å². The summed E-state index contributed by atoms with van der Waals surface area (Å²) in [5, 5.41) is 7.57. The molecule has 0 saturated carbocycles. The number of nitrogens with zero attached hydrogens (tertiary/aromatic N) is 4. The molecule has 0 aromatic carbocycles. The molecule has 2 amide bonds. The molecule has 1 aliphatic heterocycles. The predicted octanol–water partition coefficient (Wildman–Crippen LogP) is 2.61. The van der Waals surface area contributed by atoms with Crippen molar-refractivity contribution in [1.82, 2.24) is 24.6 Å². The molecular weight excluding hydrogens is 290 g/mol. The Bertz CT molecular complexity index is 715. The number of nitrogens with one attached hydrogen (secondary N) is 1. The fraction of sp³-hybridized carbons (Fsp3) is 0.529. The number of carbonyl (C=O) groups excluding carboxylic acids is 1. The van der Waals surface area contributed by atoms with Crippen LogP contribution >= 0.6 is 0 Å². The van der Waals surface area contributed by atoms with Crippen LogP contribution < -0.4 is 5.32 Å². The third kappa shape index (κ3) is 2.73. The number of amides is 2. The molecule has 0 aliphatic carbocycles. The van der Waals surface area contributed by atoms with Crippen molar-refractivity contribution in [1.29, 1.82) is 0 Å². The van der Waals surface area contributed by atoms with Crippen LogP contribution in [-0.4, -0.2) is 31.8 Å². The van der Waals surface area contributed by atoms with Gasteiger partial charge in [0.15, 0.2) is 0 Å². The second-order valence-corrected chi connectivity index (χ2v) is 6.12. The van der Waals surface area contributed by atoms with E-state index in [4.69, 9.17) is 0 Å². The predicted molar refractivity (Wildman–Crippen MR) is 89.2 cm³/mol. The molecule has 124 valence electrons. The molecule has 0 saturated heterocycles. The highest BCUT2D eigenvalue weighted by Crippen LogP contribution is 2.25. The van der Waals surface area contributed by atoms with Crippen LogP contribution in [0.4, 0.5) is 4.79 Å². The zero-order chi connectivity index (χ0) is 16.6. The lowest BCUT2D eigenvalue weighted by molar-refractivity contribution is 0.162. The Morgan fingerprint density at radius 2 is 2.17 bits per heavy atom. The first-order valence-electron chi connectivity index (χ1n) is 8.25. The summed E-state index contributed by atoms with van der Waals surface area (Å²) in [6, 6.07) is 4.22. The van der Waals surface area contributed by atoms with E-state index in [1.54, 1.807) is 0 Å². The van der Waals surface area contributed by atoms with Crippen molar-refractivity contribution < 1.29 is 4.79 Å². The fourth-order valence-corrected chi connectivity index (χ4v) is 3.42. The Labute approximate surface area is 137 Å². The number of hydrogen-bond donors (Lipinski definition) is 1. The molecule has 1 atom stereocenters. The van der Waals surface area contributed by atoms with Gasteiger partial charge >= 0.3 is 6.03 Å². The van der Waals surface area contributed by atoms with Crippen LogP contribution in [0.15, 0.2) is 18.3 Å². The van der Waals surface area contributed by atoms with Gasteiger partial charge in [0.25, 0.3) is 0 Å². The molecule has 3 rings (SSSR count). The average Bonchev–Trinajstić information content (AvgIpc) is 3.11. The summed E-state index contributed by atoms with van der Waals surface area (Å²) in [4.78, 5) is 14.5. The van der Waals surface area contributed by atoms with Crippen LogP contribution in [0.2, 0.25) is 0 Å². The Hall–Kier alpha value is -2.24. The summed E-state index contributed by atoms with van der Waals surface area (Å²) in [7, 11) is 0. The van der Waals surface area contributed by atoms with Gasteiger partial charge in [-0.3, -0.25) is 4.68 Å². The molecule has 23 heavy (non-hydrogen) atoms. The van der Waals surface area contributed by atoms with Gasteiger partial charge in [-0.15, -0.1) is 0 Å². The summed E-state index contributed by atoms with van der Waals surface area (Å²) >= 11 is 0. The van der Waals surface area contributed by atoms with Crippen LogP contribution in [0.5, 0.6) is 0 Å². The van der Waals surface area contributed by atoms with Crippen molar-refractivity contribution in [3.05, 3.63) is 41.0 Å². The Morgan fingerprint density at radius 1 is 1.39 bits per heavy atom. The molecule has 3 heterocycles. The topological polar surface area (TPSA) is 55.1 Å². The van der Waals surface area contributed by atoms with Gasteiger partial charge in [0.1, 0.15) is 0 Å². The van der Waals surface area contributed by atoms with Gasteiger partial charge in [0, 0.05) is 49.3 Å². The zero-order valence-electron chi connectivity index (χ0n) is 14.3. The first-order chi connectivity index (χ1) is 11.0. The van der Waals surface area contributed by atoms with Gasteiger partial charge in [0.05, 0.1) is 11.7 Å². The molecule has 6 heteroatoms. The van der Waals surface area contributed by atoms with E-state index >= 15 is 0 Å². The molecule has 0 radical (unpaired) electrons. The highest BCUT2D eigenvalue weighted by molar-refractivity contribution is 5.75. The lowest BCUT2D eigenvalue weighted by Crippen LogP contribution is -2.45. The molecule has 2 aromatic heterocycles. The largest absolute Gasteiger partial charge is 0.348 e. The maximum atomic E-state index is 12.6. The second kappa shape index (κ2) is 6.10. The number of carbonyl (C=O) groups is 1. The number of rotatable bonds is 3. The molecular formula is C17H25N5O. The molecule has 0 spiro atoms. The Morgan fingerprint density at radius 3 is 2.87 bits per heavy atom. The van der Waals surface area contributed by atoms with E-state index in [-0.39, 0.29) is 12.1 Å². The van der Waals surface area contributed by atoms with Gasteiger partial charge in [-0.25, -0.2) is 4.79 Å². The quantitative estimate of drug-likeness (QED) is 0.946. The molecule has 0 bridgehead atoms. The Balaban J connectivity index is 1.68. The lowest BCUT2D eigenvalue weighted by Gasteiger charge is -2.34. The van der Waals surface area contributed by atoms with Gasteiger partial charge in [-0.2, -0.15) is 5.10 Å². The van der Waals surface area contributed by atoms with Crippen molar-refractivity contribution in [3.8, 4) is 0 Å². The van der Waals surface area contributed by atoms with Crippen LogP contribution in [0.1, 0.15) is 42.5 Å².